The van der Waals surface area contributed by atoms with E-state index in [4.69, 9.17) is 62.7 Å². The standard InChI is InChI=1S/C24H31N5O9.C15H13N5O4.C15H24N4O8/c1-18-25-27-24(28-26-18)19-2-4-20(5-3-19)37-17-16-36-15-14-35-13-12-34-11-10-33-9-8-23(32)38-29-21(30)6-7-22(29)31;1-9-16-18-15(19-17-9)11-4-2-10(3-5-11)8-14(23)24-20-12(21)6-7-13(20)22;16-18-17-4-6-24-8-10-26-12-11-25-9-7-23-5-3-15(22)27-19-13(20)1-2-14(19)21/h2-5H,6-17H2,1H3;2-5H,6-8H2,1H3;1-12H2. The molecule has 35 nitrogen and oxygen atoms in total. The third-order valence-corrected chi connectivity index (χ3v) is 11.5. The number of amides is 6. The van der Waals surface area contributed by atoms with Crippen LogP contribution < -0.4 is 4.74 Å². The van der Waals surface area contributed by atoms with Gasteiger partial charge in [-0.1, -0.05) is 29.4 Å². The van der Waals surface area contributed by atoms with Gasteiger partial charge < -0.3 is 57.1 Å². The first kappa shape index (κ1) is 70.7. The van der Waals surface area contributed by atoms with Gasteiger partial charge in [0.2, 0.25) is 11.6 Å². The topological polar surface area (TPSA) is 426 Å². The molecule has 3 aliphatic heterocycles. The number of aryl methyl sites for hydroxylation is 2. The quantitative estimate of drug-likeness (QED) is 0.0201. The van der Waals surface area contributed by atoms with Crippen LogP contribution in [0.5, 0.6) is 5.75 Å². The highest BCUT2D eigenvalue weighted by Gasteiger charge is 2.35. The molecule has 3 saturated heterocycles. The van der Waals surface area contributed by atoms with Gasteiger partial charge in [-0.25, -0.2) is 14.4 Å². The van der Waals surface area contributed by atoms with E-state index in [2.05, 4.69) is 50.8 Å². The van der Waals surface area contributed by atoms with E-state index in [1.807, 2.05) is 24.3 Å². The Morgan fingerprint density at radius 1 is 0.416 bits per heavy atom. The Balaban J connectivity index is 0.000000251. The molecule has 480 valence electrons. The van der Waals surface area contributed by atoms with Gasteiger partial charge in [-0.15, -0.1) is 56.0 Å². The minimum absolute atomic E-state index is 0.0608. The minimum Gasteiger partial charge on any atom is -0.491 e. The highest BCUT2D eigenvalue weighted by molar-refractivity contribution is 6.03. The van der Waals surface area contributed by atoms with Gasteiger partial charge in [0.25, 0.3) is 35.4 Å². The fourth-order valence-electron chi connectivity index (χ4n) is 7.03. The zero-order valence-corrected chi connectivity index (χ0v) is 49.0. The fourth-order valence-corrected chi connectivity index (χ4v) is 7.03. The maximum absolute atomic E-state index is 11.8. The first-order valence-electron chi connectivity index (χ1n) is 27.9. The minimum atomic E-state index is -0.699. The summed E-state index contributed by atoms with van der Waals surface area (Å²) in [6, 6.07) is 14.2. The van der Waals surface area contributed by atoms with Crippen LogP contribution in [-0.4, -0.2) is 228 Å². The summed E-state index contributed by atoms with van der Waals surface area (Å²) in [5.41, 5.74) is 10.2. The van der Waals surface area contributed by atoms with Gasteiger partial charge in [-0.05, 0) is 49.2 Å². The van der Waals surface area contributed by atoms with E-state index < -0.39 is 53.4 Å². The zero-order chi connectivity index (χ0) is 63.9. The van der Waals surface area contributed by atoms with Crippen LogP contribution in [0.15, 0.2) is 53.6 Å². The predicted octanol–water partition coefficient (Wildman–Crippen LogP) is 1.44. The molecule has 0 unspecified atom stereocenters. The molecule has 89 heavy (non-hydrogen) atoms. The van der Waals surface area contributed by atoms with Crippen LogP contribution in [0, 0.1) is 13.8 Å². The third-order valence-electron chi connectivity index (χ3n) is 11.5. The molecule has 5 heterocycles. The summed E-state index contributed by atoms with van der Waals surface area (Å²) >= 11 is 0. The SMILES string of the molecule is Cc1nnc(-c2ccc(CC(=O)ON3C(=O)CCC3=O)cc2)nn1.Cc1nnc(-c2ccc(OCCOCCOCCOCCOCCC(=O)ON3C(=O)CCC3=O)cc2)nn1.[N-]=[N+]=NCCOCCOCCOCCOCCC(=O)ON1C(=O)CCC1=O. The molecule has 2 aromatic heterocycles. The van der Waals surface area contributed by atoms with Gasteiger partial charge in [-0.2, -0.15) is 0 Å². The van der Waals surface area contributed by atoms with E-state index >= 15 is 0 Å². The second-order valence-corrected chi connectivity index (χ2v) is 18.3. The molecule has 7 rings (SSSR count). The van der Waals surface area contributed by atoms with E-state index in [1.54, 1.807) is 38.1 Å². The average Bonchev–Trinajstić information content (AvgIpc) is 4.16. The number of ether oxygens (including phenoxy) is 9. The van der Waals surface area contributed by atoms with E-state index in [0.29, 0.717) is 148 Å². The van der Waals surface area contributed by atoms with Crippen molar-refractivity contribution in [3.63, 3.8) is 0 Å². The van der Waals surface area contributed by atoms with Crippen molar-refractivity contribution in [1.29, 1.82) is 0 Å². The molecule has 35 heteroatoms. The molecular weight excluding hydrogens is 1180 g/mol. The number of aromatic nitrogens is 8. The van der Waals surface area contributed by atoms with Crippen LogP contribution in [0.1, 0.15) is 68.6 Å². The molecule has 0 atom stereocenters. The maximum atomic E-state index is 11.8. The molecule has 2 aromatic carbocycles. The lowest BCUT2D eigenvalue weighted by Crippen LogP contribution is -2.32. The Bertz CT molecular complexity index is 2900. The van der Waals surface area contributed by atoms with Gasteiger partial charge in [0, 0.05) is 61.1 Å². The van der Waals surface area contributed by atoms with E-state index in [0.717, 1.165) is 5.56 Å². The van der Waals surface area contributed by atoms with Crippen LogP contribution in [-0.2, 0) is 102 Å². The number of rotatable bonds is 38. The zero-order valence-electron chi connectivity index (χ0n) is 49.0. The van der Waals surface area contributed by atoms with Crippen LogP contribution in [0.2, 0.25) is 0 Å². The van der Waals surface area contributed by atoms with Crippen LogP contribution in [0.3, 0.4) is 0 Å². The summed E-state index contributed by atoms with van der Waals surface area (Å²) in [7, 11) is 0. The third kappa shape index (κ3) is 28.1. The number of nitrogens with zero attached hydrogens (tertiary/aromatic N) is 14. The van der Waals surface area contributed by atoms with Crippen molar-refractivity contribution in [2.75, 3.05) is 119 Å². The molecule has 6 amide bonds. The molecule has 4 aromatic rings. The largest absolute Gasteiger partial charge is 0.491 e. The highest BCUT2D eigenvalue weighted by Crippen LogP contribution is 2.20. The van der Waals surface area contributed by atoms with Crippen molar-refractivity contribution in [2.24, 2.45) is 5.11 Å². The summed E-state index contributed by atoms with van der Waals surface area (Å²) in [4.78, 5) is 120. The van der Waals surface area contributed by atoms with E-state index in [-0.39, 0.29) is 84.2 Å². The van der Waals surface area contributed by atoms with Gasteiger partial charge in [0.1, 0.15) is 12.4 Å². The summed E-state index contributed by atoms with van der Waals surface area (Å²) in [6.45, 7) is 9.63. The first-order chi connectivity index (χ1) is 43.2. The number of hydrogen-bond acceptors (Lipinski definition) is 30. The molecule has 3 aliphatic rings. The van der Waals surface area contributed by atoms with E-state index in [1.165, 1.54) is 0 Å². The van der Waals surface area contributed by atoms with Crippen LogP contribution >= 0.6 is 0 Å². The molecule has 0 saturated carbocycles. The number of carbonyl (C=O) groups excluding carboxylic acids is 9. The van der Waals surface area contributed by atoms with Crippen molar-refractivity contribution in [3.05, 3.63) is 76.2 Å². The first-order valence-corrected chi connectivity index (χ1v) is 27.9. The molecule has 0 bridgehead atoms. The lowest BCUT2D eigenvalue weighted by atomic mass is 10.1. The Labute approximate surface area is 508 Å². The van der Waals surface area contributed by atoms with Crippen molar-refractivity contribution < 1.29 is 100 Å². The Morgan fingerprint density at radius 2 is 0.719 bits per heavy atom. The smallest absolute Gasteiger partial charge is 0.337 e. The summed E-state index contributed by atoms with van der Waals surface area (Å²) < 4.78 is 48.1. The number of benzene rings is 2. The molecule has 0 radical (unpaired) electrons. The predicted molar refractivity (Wildman–Crippen MR) is 296 cm³/mol. The highest BCUT2D eigenvalue weighted by atomic mass is 16.7. The van der Waals surface area contributed by atoms with Crippen molar-refractivity contribution in [2.45, 2.75) is 71.6 Å². The van der Waals surface area contributed by atoms with Crippen LogP contribution in [0.25, 0.3) is 33.2 Å². The van der Waals surface area contributed by atoms with Crippen molar-refractivity contribution in [3.8, 4) is 28.5 Å². The van der Waals surface area contributed by atoms with Crippen molar-refractivity contribution >= 4 is 53.4 Å². The Morgan fingerprint density at radius 3 is 1.07 bits per heavy atom. The van der Waals surface area contributed by atoms with Gasteiger partial charge >= 0.3 is 17.9 Å². The van der Waals surface area contributed by atoms with Gasteiger partial charge in [-0.3, -0.25) is 28.8 Å². The molecule has 0 aliphatic carbocycles. The molecule has 0 N–H and O–H groups in total. The lowest BCUT2D eigenvalue weighted by molar-refractivity contribution is -0.198. The number of azide groups is 1. The summed E-state index contributed by atoms with van der Waals surface area (Å²) in [6.07, 6.45) is 0.177. The average molecular weight is 1250 g/mol. The maximum Gasteiger partial charge on any atom is 0.337 e. The molecule has 3 fully saturated rings. The number of imide groups is 3. The normalized spacial score (nSPS) is 13.6. The fraction of sp³-hybridized carbons (Fsp3) is 0.537. The monoisotopic (exact) mass is 1250 g/mol. The Kier molecular flexibility index (Phi) is 32.7. The second kappa shape index (κ2) is 41.2. The number of carbonyl (C=O) groups is 9. The molecular formula is C54H68N14O21. The van der Waals surface area contributed by atoms with E-state index in [9.17, 15) is 43.2 Å². The number of hydrogen-bond donors (Lipinski definition) is 0. The summed E-state index contributed by atoms with van der Waals surface area (Å²) in [5, 5.41) is 36.2. The van der Waals surface area contributed by atoms with Crippen LogP contribution in [0.4, 0.5) is 0 Å². The molecule has 0 spiro atoms. The number of hydroxylamine groups is 6. The second-order valence-electron chi connectivity index (χ2n) is 18.3. The van der Waals surface area contributed by atoms with Crippen molar-refractivity contribution in [1.82, 2.24) is 56.0 Å². The summed E-state index contributed by atoms with van der Waals surface area (Å²) in [5.74, 6) is -2.58. The lowest BCUT2D eigenvalue weighted by Gasteiger charge is -2.12. The van der Waals surface area contributed by atoms with Gasteiger partial charge in [0.15, 0.2) is 11.6 Å². The Hall–Kier alpha value is -9.06. The van der Waals surface area contributed by atoms with Gasteiger partial charge in [0.05, 0.1) is 125 Å².